The van der Waals surface area contributed by atoms with E-state index in [9.17, 15) is 4.39 Å². The fraction of sp³-hybridized carbons (Fsp3) is 0.357. The first kappa shape index (κ1) is 12.0. The number of fused-ring (bicyclic) bond motifs is 1. The van der Waals surface area contributed by atoms with E-state index in [4.69, 9.17) is 5.73 Å². The van der Waals surface area contributed by atoms with Crippen LogP contribution >= 0.6 is 0 Å². The number of alkyl halides is 1. The van der Waals surface area contributed by atoms with Crippen LogP contribution in [0.4, 0.5) is 4.39 Å². The molecule has 1 heterocycles. The predicted octanol–water partition coefficient (Wildman–Crippen LogP) is 3.16. The zero-order valence-electron chi connectivity index (χ0n) is 9.99. The lowest BCUT2D eigenvalue weighted by Gasteiger charge is -2.25. The Labute approximate surface area is 101 Å². The Balaban J connectivity index is 2.61. The number of pyridine rings is 1. The smallest absolute Gasteiger partial charge is 0.148 e. The molecule has 3 heteroatoms. The normalized spacial score (nSPS) is 14.8. The average molecular weight is 232 g/mol. The van der Waals surface area contributed by atoms with E-state index in [1.807, 2.05) is 31.2 Å². The van der Waals surface area contributed by atoms with E-state index < -0.39 is 5.67 Å². The summed E-state index contributed by atoms with van der Waals surface area (Å²) in [4.78, 5) is 4.07. The van der Waals surface area contributed by atoms with Crippen molar-refractivity contribution in [2.24, 2.45) is 5.73 Å². The van der Waals surface area contributed by atoms with E-state index in [0.29, 0.717) is 12.0 Å². The molecular weight excluding hydrogens is 215 g/mol. The summed E-state index contributed by atoms with van der Waals surface area (Å²) < 4.78 is 14.8. The van der Waals surface area contributed by atoms with Crippen molar-refractivity contribution in [1.82, 2.24) is 4.98 Å². The van der Waals surface area contributed by atoms with Crippen LogP contribution in [0.5, 0.6) is 0 Å². The summed E-state index contributed by atoms with van der Waals surface area (Å²) in [7, 11) is 0. The topological polar surface area (TPSA) is 38.9 Å². The first-order chi connectivity index (χ1) is 8.21. The highest BCUT2D eigenvalue weighted by molar-refractivity contribution is 5.85. The second-order valence-electron chi connectivity index (χ2n) is 4.32. The van der Waals surface area contributed by atoms with Crippen LogP contribution in [0, 0.1) is 0 Å². The SMILES string of the molecule is CCCC(F)(CN)c1cccc2ccncc12. The van der Waals surface area contributed by atoms with Gasteiger partial charge in [0.2, 0.25) is 0 Å². The maximum absolute atomic E-state index is 14.8. The van der Waals surface area contributed by atoms with Gasteiger partial charge in [0.25, 0.3) is 0 Å². The molecule has 1 aromatic heterocycles. The maximum Gasteiger partial charge on any atom is 0.148 e. The van der Waals surface area contributed by atoms with Crippen LogP contribution in [0.15, 0.2) is 36.7 Å². The number of hydrogen-bond donors (Lipinski definition) is 1. The summed E-state index contributed by atoms with van der Waals surface area (Å²) in [6, 6.07) is 7.54. The van der Waals surface area contributed by atoms with Crippen LogP contribution in [-0.4, -0.2) is 11.5 Å². The fourth-order valence-electron chi connectivity index (χ4n) is 2.25. The molecule has 2 nitrogen and oxygen atoms in total. The van der Waals surface area contributed by atoms with Gasteiger partial charge in [0.15, 0.2) is 0 Å². The molecule has 90 valence electrons. The predicted molar refractivity (Wildman–Crippen MR) is 68.5 cm³/mol. The zero-order valence-corrected chi connectivity index (χ0v) is 9.99. The molecule has 2 N–H and O–H groups in total. The van der Waals surface area contributed by atoms with Gasteiger partial charge >= 0.3 is 0 Å². The van der Waals surface area contributed by atoms with E-state index in [1.165, 1.54) is 0 Å². The number of nitrogens with zero attached hydrogens (tertiary/aromatic N) is 1. The van der Waals surface area contributed by atoms with E-state index in [1.54, 1.807) is 12.4 Å². The quantitative estimate of drug-likeness (QED) is 0.879. The van der Waals surface area contributed by atoms with Gasteiger partial charge in [-0.3, -0.25) is 4.98 Å². The van der Waals surface area contributed by atoms with Crippen molar-refractivity contribution >= 4 is 10.8 Å². The maximum atomic E-state index is 14.8. The molecule has 2 rings (SSSR count). The Hall–Kier alpha value is -1.48. The number of nitrogens with two attached hydrogens (primary N) is 1. The van der Waals surface area contributed by atoms with E-state index in [2.05, 4.69) is 4.98 Å². The van der Waals surface area contributed by atoms with Crippen molar-refractivity contribution in [2.75, 3.05) is 6.54 Å². The van der Waals surface area contributed by atoms with Gasteiger partial charge in [-0.15, -0.1) is 0 Å². The largest absolute Gasteiger partial charge is 0.327 e. The Kier molecular flexibility index (Phi) is 3.38. The minimum absolute atomic E-state index is 0.00878. The molecule has 0 radical (unpaired) electrons. The molecule has 0 bridgehead atoms. The monoisotopic (exact) mass is 232 g/mol. The van der Waals surface area contributed by atoms with Crippen LogP contribution in [0.3, 0.4) is 0 Å². The summed E-state index contributed by atoms with van der Waals surface area (Å²) in [5.74, 6) is 0. The minimum Gasteiger partial charge on any atom is -0.327 e. The van der Waals surface area contributed by atoms with Crippen LogP contribution in [-0.2, 0) is 5.67 Å². The minimum atomic E-state index is -1.45. The van der Waals surface area contributed by atoms with Gasteiger partial charge in [-0.25, -0.2) is 4.39 Å². The molecule has 1 aromatic carbocycles. The Morgan fingerprint density at radius 2 is 2.18 bits per heavy atom. The van der Waals surface area contributed by atoms with E-state index in [0.717, 1.165) is 17.2 Å². The molecule has 0 saturated heterocycles. The second kappa shape index (κ2) is 4.80. The van der Waals surface area contributed by atoms with Crippen molar-refractivity contribution < 1.29 is 4.39 Å². The third-order valence-electron chi connectivity index (χ3n) is 3.14. The van der Waals surface area contributed by atoms with E-state index in [-0.39, 0.29) is 6.54 Å². The molecule has 1 unspecified atom stereocenters. The average Bonchev–Trinajstić information content (AvgIpc) is 2.38. The molecule has 0 fully saturated rings. The van der Waals surface area contributed by atoms with Crippen molar-refractivity contribution in [3.05, 3.63) is 42.2 Å². The zero-order chi connectivity index (χ0) is 12.3. The van der Waals surface area contributed by atoms with Crippen molar-refractivity contribution in [2.45, 2.75) is 25.4 Å². The van der Waals surface area contributed by atoms with Gasteiger partial charge < -0.3 is 5.73 Å². The van der Waals surface area contributed by atoms with Crippen molar-refractivity contribution in [3.8, 4) is 0 Å². The molecule has 0 aliphatic carbocycles. The number of benzene rings is 1. The number of aromatic nitrogens is 1. The number of halogens is 1. The van der Waals surface area contributed by atoms with Crippen LogP contribution in [0.25, 0.3) is 10.8 Å². The lowest BCUT2D eigenvalue weighted by molar-refractivity contribution is 0.161. The number of hydrogen-bond acceptors (Lipinski definition) is 2. The highest BCUT2D eigenvalue weighted by Crippen LogP contribution is 2.34. The van der Waals surface area contributed by atoms with Gasteiger partial charge in [0.05, 0.1) is 0 Å². The highest BCUT2D eigenvalue weighted by atomic mass is 19.1. The molecule has 0 aliphatic heterocycles. The van der Waals surface area contributed by atoms with Crippen LogP contribution < -0.4 is 5.73 Å². The summed E-state index contributed by atoms with van der Waals surface area (Å²) in [5.41, 5.74) is 4.83. The Bertz CT molecular complexity index is 507. The lowest BCUT2D eigenvalue weighted by atomic mass is 9.88. The number of rotatable bonds is 4. The van der Waals surface area contributed by atoms with Crippen molar-refractivity contribution in [1.29, 1.82) is 0 Å². The molecule has 0 spiro atoms. The molecule has 1 atom stereocenters. The molecule has 17 heavy (non-hydrogen) atoms. The molecule has 2 aromatic rings. The summed E-state index contributed by atoms with van der Waals surface area (Å²) in [6.07, 6.45) is 4.64. The summed E-state index contributed by atoms with van der Waals surface area (Å²) >= 11 is 0. The summed E-state index contributed by atoms with van der Waals surface area (Å²) in [6.45, 7) is 1.97. The standard InChI is InChI=1S/C14H17FN2/c1-2-7-14(15,10-16)13-5-3-4-11-6-8-17-9-12(11)13/h3-6,8-9H,2,7,10,16H2,1H3. The fourth-order valence-corrected chi connectivity index (χ4v) is 2.25. The first-order valence-electron chi connectivity index (χ1n) is 5.93. The van der Waals surface area contributed by atoms with Gasteiger partial charge in [-0.2, -0.15) is 0 Å². The third-order valence-corrected chi connectivity index (χ3v) is 3.14. The van der Waals surface area contributed by atoms with Gasteiger partial charge in [0.1, 0.15) is 5.67 Å². The molecule has 0 saturated carbocycles. The van der Waals surface area contributed by atoms with E-state index >= 15 is 0 Å². The Morgan fingerprint density at radius 3 is 2.88 bits per heavy atom. The van der Waals surface area contributed by atoms with Gasteiger partial charge in [-0.05, 0) is 23.4 Å². The lowest BCUT2D eigenvalue weighted by Crippen LogP contribution is -2.30. The van der Waals surface area contributed by atoms with Crippen molar-refractivity contribution in [3.63, 3.8) is 0 Å². The third kappa shape index (κ3) is 2.15. The van der Waals surface area contributed by atoms with Crippen LogP contribution in [0.1, 0.15) is 25.3 Å². The van der Waals surface area contributed by atoms with Crippen LogP contribution in [0.2, 0.25) is 0 Å². The first-order valence-corrected chi connectivity index (χ1v) is 5.93. The highest BCUT2D eigenvalue weighted by Gasteiger charge is 2.30. The second-order valence-corrected chi connectivity index (χ2v) is 4.32. The van der Waals surface area contributed by atoms with Gasteiger partial charge in [-0.1, -0.05) is 31.5 Å². The molecule has 0 amide bonds. The molecular formula is C14H17FN2. The molecule has 0 aliphatic rings. The summed E-state index contributed by atoms with van der Waals surface area (Å²) in [5, 5.41) is 1.86. The Morgan fingerprint density at radius 1 is 1.35 bits per heavy atom. The van der Waals surface area contributed by atoms with Gasteiger partial charge in [0, 0.05) is 24.3 Å².